The Bertz CT molecular complexity index is 193. The first-order chi connectivity index (χ1) is 4.30. The van der Waals surface area contributed by atoms with Crippen molar-refractivity contribution >= 4 is 23.2 Å². The van der Waals surface area contributed by atoms with Gasteiger partial charge in [0.1, 0.15) is 0 Å². The van der Waals surface area contributed by atoms with Crippen LogP contribution in [0.3, 0.4) is 0 Å². The van der Waals surface area contributed by atoms with Crippen molar-refractivity contribution in [1.29, 1.82) is 0 Å². The summed E-state index contributed by atoms with van der Waals surface area (Å²) >= 11 is 11.1. The molecule has 0 aromatic rings. The first kappa shape index (κ1) is 6.78. The van der Waals surface area contributed by atoms with Gasteiger partial charge in [0.05, 0.1) is 5.03 Å². The first-order valence-electron chi connectivity index (χ1n) is 2.40. The third kappa shape index (κ3) is 1.80. The highest BCUT2D eigenvalue weighted by molar-refractivity contribution is 6.39. The van der Waals surface area contributed by atoms with Crippen LogP contribution in [-0.4, -0.2) is 0 Å². The smallest absolute Gasteiger partial charge is 0.158 e. The summed E-state index contributed by atoms with van der Waals surface area (Å²) in [4.78, 5) is 0. The Kier molecular flexibility index (Phi) is 2.25. The zero-order chi connectivity index (χ0) is 6.69. The summed E-state index contributed by atoms with van der Waals surface area (Å²) in [5, 5.41) is 7.94. The van der Waals surface area contributed by atoms with E-state index < -0.39 is 0 Å². The number of rotatable bonds is 0. The molecule has 0 radical (unpaired) electrons. The van der Waals surface area contributed by atoms with E-state index >= 15 is 0 Å². The van der Waals surface area contributed by atoms with Crippen molar-refractivity contribution in [3.63, 3.8) is 0 Å². The highest BCUT2D eigenvalue weighted by Gasteiger charge is 1.99. The van der Waals surface area contributed by atoms with Gasteiger partial charge in [0, 0.05) is 12.6 Å². The third-order valence-corrected chi connectivity index (χ3v) is 1.57. The molecule has 0 amide bonds. The molecule has 0 bridgehead atoms. The minimum atomic E-state index is 0.279. The van der Waals surface area contributed by atoms with Crippen LogP contribution in [0.1, 0.15) is 6.42 Å². The fourth-order valence-electron chi connectivity index (χ4n) is 0.426. The average Bonchev–Trinajstić information content (AvgIpc) is 1.99. The standard InChI is InChI=1S/C5H4Cl2N2/c6-4-2-1-3-8-9-5(4)7/h1,3H,2H2. The maximum absolute atomic E-state index is 5.61. The largest absolute Gasteiger partial charge is 0.166 e. The normalized spacial score (nSPS) is 18.4. The highest BCUT2D eigenvalue weighted by atomic mass is 35.5. The molecule has 0 aromatic heterocycles. The second-order valence-corrected chi connectivity index (χ2v) is 2.31. The fraction of sp³-hybridized carbons (Fsp3) is 0.200. The lowest BCUT2D eigenvalue weighted by molar-refractivity contribution is 1.21. The number of halogens is 2. The Morgan fingerprint density at radius 2 is 2.22 bits per heavy atom. The van der Waals surface area contributed by atoms with E-state index in [0.29, 0.717) is 11.5 Å². The molecule has 0 unspecified atom stereocenters. The molecule has 48 valence electrons. The molecule has 1 aliphatic heterocycles. The van der Waals surface area contributed by atoms with Crippen LogP contribution in [0.15, 0.2) is 32.7 Å². The molecular weight excluding hydrogens is 159 g/mol. The zero-order valence-electron chi connectivity index (χ0n) is 4.51. The van der Waals surface area contributed by atoms with E-state index in [1.165, 1.54) is 0 Å². The van der Waals surface area contributed by atoms with Crippen LogP contribution in [0, 0.1) is 0 Å². The molecule has 1 heterocycles. The number of hydrogen-bond donors (Lipinski definition) is 0. The van der Waals surface area contributed by atoms with Gasteiger partial charge in [0.15, 0.2) is 5.16 Å². The predicted molar refractivity (Wildman–Crippen MR) is 37.3 cm³/mol. The molecule has 0 saturated heterocycles. The zero-order valence-corrected chi connectivity index (χ0v) is 6.02. The molecule has 0 N–H and O–H groups in total. The summed E-state index contributed by atoms with van der Waals surface area (Å²) in [6, 6.07) is 0. The second kappa shape index (κ2) is 2.99. The monoisotopic (exact) mass is 162 g/mol. The minimum Gasteiger partial charge on any atom is -0.158 e. The summed E-state index contributed by atoms with van der Waals surface area (Å²) < 4.78 is 0. The number of hydrogen-bond acceptors (Lipinski definition) is 2. The van der Waals surface area contributed by atoms with Crippen molar-refractivity contribution < 1.29 is 0 Å². The summed E-state index contributed by atoms with van der Waals surface area (Å²) in [6.45, 7) is 0. The molecule has 0 fully saturated rings. The van der Waals surface area contributed by atoms with Gasteiger partial charge in [-0.15, -0.1) is 5.11 Å². The van der Waals surface area contributed by atoms with Crippen LogP contribution in [0.5, 0.6) is 0 Å². The van der Waals surface area contributed by atoms with E-state index in [-0.39, 0.29) is 5.16 Å². The van der Waals surface area contributed by atoms with Crippen LogP contribution in [0.4, 0.5) is 0 Å². The Morgan fingerprint density at radius 3 is 3.00 bits per heavy atom. The van der Waals surface area contributed by atoms with Crippen molar-refractivity contribution in [2.45, 2.75) is 6.42 Å². The third-order valence-electron chi connectivity index (χ3n) is 0.839. The molecule has 0 aliphatic carbocycles. The quantitative estimate of drug-likeness (QED) is 0.490. The van der Waals surface area contributed by atoms with Crippen molar-refractivity contribution in [3.8, 4) is 0 Å². The lowest BCUT2D eigenvalue weighted by Gasteiger charge is -1.87. The minimum absolute atomic E-state index is 0.279. The maximum atomic E-state index is 5.61. The molecule has 1 rings (SSSR count). The van der Waals surface area contributed by atoms with Gasteiger partial charge < -0.3 is 0 Å². The Morgan fingerprint density at radius 1 is 1.44 bits per heavy atom. The Labute approximate surface area is 62.9 Å². The lowest BCUT2D eigenvalue weighted by atomic mass is 10.4. The molecule has 0 saturated carbocycles. The Hall–Kier alpha value is -0.340. The molecular formula is C5H4Cl2N2. The van der Waals surface area contributed by atoms with Crippen LogP contribution in [0.2, 0.25) is 0 Å². The van der Waals surface area contributed by atoms with Crippen LogP contribution in [-0.2, 0) is 0 Å². The van der Waals surface area contributed by atoms with Gasteiger partial charge in [0.2, 0.25) is 0 Å². The molecule has 1 aliphatic rings. The van der Waals surface area contributed by atoms with E-state index in [2.05, 4.69) is 10.2 Å². The molecule has 4 heteroatoms. The summed E-state index contributed by atoms with van der Waals surface area (Å²) in [5.74, 6) is 0. The van der Waals surface area contributed by atoms with E-state index in [1.807, 2.05) is 0 Å². The predicted octanol–water partition coefficient (Wildman–Crippen LogP) is 3.00. The highest BCUT2D eigenvalue weighted by Crippen LogP contribution is 2.21. The number of azo groups is 1. The summed E-state index contributed by atoms with van der Waals surface area (Å²) in [5.41, 5.74) is 0. The topological polar surface area (TPSA) is 24.7 Å². The number of nitrogens with zero attached hydrogens (tertiary/aromatic N) is 2. The van der Waals surface area contributed by atoms with Crippen molar-refractivity contribution in [1.82, 2.24) is 0 Å². The van der Waals surface area contributed by atoms with Gasteiger partial charge in [-0.2, -0.15) is 5.11 Å². The molecule has 9 heavy (non-hydrogen) atoms. The van der Waals surface area contributed by atoms with Crippen molar-refractivity contribution in [2.75, 3.05) is 0 Å². The molecule has 0 spiro atoms. The summed E-state index contributed by atoms with van der Waals surface area (Å²) in [6.07, 6.45) is 3.98. The summed E-state index contributed by atoms with van der Waals surface area (Å²) in [7, 11) is 0. The van der Waals surface area contributed by atoms with Gasteiger partial charge in [-0.1, -0.05) is 29.3 Å². The van der Waals surface area contributed by atoms with Crippen molar-refractivity contribution in [3.05, 3.63) is 22.5 Å². The first-order valence-corrected chi connectivity index (χ1v) is 3.16. The Balaban J connectivity index is 2.85. The van der Waals surface area contributed by atoms with Gasteiger partial charge in [-0.25, -0.2) is 0 Å². The van der Waals surface area contributed by atoms with E-state index in [4.69, 9.17) is 23.2 Å². The maximum Gasteiger partial charge on any atom is 0.166 e. The molecule has 0 atom stereocenters. The van der Waals surface area contributed by atoms with E-state index in [1.54, 1.807) is 12.3 Å². The lowest BCUT2D eigenvalue weighted by Crippen LogP contribution is -1.68. The van der Waals surface area contributed by atoms with Crippen LogP contribution >= 0.6 is 23.2 Å². The van der Waals surface area contributed by atoms with Crippen molar-refractivity contribution in [2.24, 2.45) is 10.2 Å². The van der Waals surface area contributed by atoms with Crippen LogP contribution in [0.25, 0.3) is 0 Å². The van der Waals surface area contributed by atoms with Gasteiger partial charge >= 0.3 is 0 Å². The molecule has 0 aromatic carbocycles. The second-order valence-electron chi connectivity index (χ2n) is 1.50. The fourth-order valence-corrected chi connectivity index (χ4v) is 0.673. The average molecular weight is 163 g/mol. The molecule has 2 nitrogen and oxygen atoms in total. The number of allylic oxidation sites excluding steroid dienone is 2. The van der Waals surface area contributed by atoms with E-state index in [9.17, 15) is 0 Å². The van der Waals surface area contributed by atoms with Gasteiger partial charge in [0.25, 0.3) is 0 Å². The SMILES string of the molecule is ClC1=C(Cl)N=NC=CC1. The van der Waals surface area contributed by atoms with E-state index in [0.717, 1.165) is 0 Å². The van der Waals surface area contributed by atoms with Gasteiger partial charge in [-0.3, -0.25) is 0 Å². The van der Waals surface area contributed by atoms with Crippen LogP contribution < -0.4 is 0 Å². The van der Waals surface area contributed by atoms with Gasteiger partial charge in [-0.05, 0) is 0 Å².